The van der Waals surface area contributed by atoms with Crippen LogP contribution >= 0.6 is 0 Å². The Morgan fingerprint density at radius 3 is 2.70 bits per heavy atom. The molecule has 0 unspecified atom stereocenters. The van der Waals surface area contributed by atoms with Gasteiger partial charge in [-0.25, -0.2) is 4.98 Å². The lowest BCUT2D eigenvalue weighted by atomic mass is 9.97. The number of rotatable bonds is 5. The summed E-state index contributed by atoms with van der Waals surface area (Å²) in [6.07, 6.45) is 1.03. The van der Waals surface area contributed by atoms with E-state index in [0.717, 1.165) is 35.0 Å². The van der Waals surface area contributed by atoms with Gasteiger partial charge < -0.3 is 19.0 Å². The molecule has 202 valence electrons. The summed E-state index contributed by atoms with van der Waals surface area (Å²) in [6.45, 7) is 8.50. The SMILES string of the molecule is C=C1CCCON(CC(=O)N2CCN(C3=CC(OC)=C(c4cnc(C)o4)CC3)[C@@H](C)C2)N=C1C(F)(F)F. The summed E-state index contributed by atoms with van der Waals surface area (Å²) in [7, 11) is 1.62. The highest BCUT2D eigenvalue weighted by Crippen LogP contribution is 2.35. The number of methoxy groups -OCH3 is 1. The van der Waals surface area contributed by atoms with Crippen LogP contribution < -0.4 is 0 Å². The van der Waals surface area contributed by atoms with Crippen LogP contribution in [0.4, 0.5) is 13.2 Å². The van der Waals surface area contributed by atoms with Gasteiger partial charge in [0, 0.05) is 43.9 Å². The standard InChI is InChI=1S/C25H32F3N5O4/c1-16-6-5-11-36-33(30-24(16)25(26,27)28)15-23(34)31-9-10-32(17(2)14-31)19-7-8-20(21(12-19)35-4)22-13-29-18(3)37-22/h12-13,17H,1,5-11,14-15H2,2-4H3/t17-/m0/s1. The normalized spacial score (nSPS) is 21.9. The number of nitrogens with zero attached hydrogens (tertiary/aromatic N) is 5. The predicted octanol–water partition coefficient (Wildman–Crippen LogP) is 4.05. The van der Waals surface area contributed by atoms with E-state index < -0.39 is 18.4 Å². The van der Waals surface area contributed by atoms with E-state index in [9.17, 15) is 18.0 Å². The van der Waals surface area contributed by atoms with Gasteiger partial charge >= 0.3 is 6.18 Å². The summed E-state index contributed by atoms with van der Waals surface area (Å²) in [5.74, 6) is 1.66. The van der Waals surface area contributed by atoms with Crippen molar-refractivity contribution in [3.63, 3.8) is 0 Å². The monoisotopic (exact) mass is 523 g/mol. The molecular weight excluding hydrogens is 491 g/mol. The molecule has 0 bridgehead atoms. The summed E-state index contributed by atoms with van der Waals surface area (Å²) in [4.78, 5) is 26.4. The number of oxazole rings is 1. The average molecular weight is 524 g/mol. The molecule has 0 N–H and O–H groups in total. The van der Waals surface area contributed by atoms with Crippen LogP contribution in [0.5, 0.6) is 0 Å². The largest absolute Gasteiger partial charge is 0.496 e. The number of aryl methyl sites for hydroxylation is 1. The van der Waals surface area contributed by atoms with E-state index >= 15 is 0 Å². The zero-order valence-corrected chi connectivity index (χ0v) is 21.3. The third-order valence-electron chi connectivity index (χ3n) is 6.66. The van der Waals surface area contributed by atoms with Crippen molar-refractivity contribution in [1.29, 1.82) is 0 Å². The fourth-order valence-electron chi connectivity index (χ4n) is 4.79. The molecule has 1 fully saturated rings. The molecule has 1 aromatic rings. The van der Waals surface area contributed by atoms with Gasteiger partial charge in [0.1, 0.15) is 12.3 Å². The first-order valence-electron chi connectivity index (χ1n) is 12.3. The molecule has 1 amide bonds. The molecule has 3 aliphatic rings. The van der Waals surface area contributed by atoms with Gasteiger partial charge in [0.25, 0.3) is 0 Å². The van der Waals surface area contributed by atoms with Crippen molar-refractivity contribution in [3.8, 4) is 0 Å². The smallest absolute Gasteiger partial charge is 0.435 e. The highest BCUT2D eigenvalue weighted by molar-refractivity contribution is 6.03. The molecule has 37 heavy (non-hydrogen) atoms. The van der Waals surface area contributed by atoms with Crippen LogP contribution in [0.2, 0.25) is 0 Å². The van der Waals surface area contributed by atoms with E-state index in [4.69, 9.17) is 14.0 Å². The quantitative estimate of drug-likeness (QED) is 0.576. The minimum absolute atomic E-state index is 0.00148. The Hall–Kier alpha value is -3.28. The maximum Gasteiger partial charge on any atom is 0.435 e. The second-order valence-electron chi connectivity index (χ2n) is 9.31. The molecule has 0 spiro atoms. The Balaban J connectivity index is 1.42. The lowest BCUT2D eigenvalue weighted by molar-refractivity contribution is -0.177. The fourth-order valence-corrected chi connectivity index (χ4v) is 4.79. The summed E-state index contributed by atoms with van der Waals surface area (Å²) < 4.78 is 51.6. The molecule has 12 heteroatoms. The van der Waals surface area contributed by atoms with E-state index in [1.165, 1.54) is 0 Å². The van der Waals surface area contributed by atoms with Crippen molar-refractivity contribution in [1.82, 2.24) is 20.0 Å². The van der Waals surface area contributed by atoms with Gasteiger partial charge in [0.2, 0.25) is 5.91 Å². The molecule has 4 rings (SSSR count). The molecule has 0 aromatic carbocycles. The molecule has 0 radical (unpaired) electrons. The van der Waals surface area contributed by atoms with Crippen LogP contribution in [0.25, 0.3) is 5.57 Å². The third-order valence-corrected chi connectivity index (χ3v) is 6.66. The van der Waals surface area contributed by atoms with Crippen molar-refractivity contribution < 1.29 is 32.0 Å². The zero-order valence-electron chi connectivity index (χ0n) is 21.3. The molecule has 2 aliphatic heterocycles. The lowest BCUT2D eigenvalue weighted by Crippen LogP contribution is -2.54. The van der Waals surface area contributed by atoms with Crippen molar-refractivity contribution >= 4 is 17.2 Å². The number of carbonyl (C=O) groups excluding carboxylic acids is 1. The maximum absolute atomic E-state index is 13.4. The van der Waals surface area contributed by atoms with E-state index in [0.29, 0.717) is 37.7 Å². The zero-order chi connectivity index (χ0) is 26.7. The van der Waals surface area contributed by atoms with E-state index in [1.54, 1.807) is 25.1 Å². The summed E-state index contributed by atoms with van der Waals surface area (Å²) in [5.41, 5.74) is 0.844. The van der Waals surface area contributed by atoms with Crippen LogP contribution in [0.15, 0.2) is 45.4 Å². The first kappa shape index (κ1) is 26.8. The van der Waals surface area contributed by atoms with Gasteiger partial charge in [-0.05, 0) is 44.3 Å². The number of ether oxygens (including phenoxy) is 1. The number of hydrazone groups is 1. The van der Waals surface area contributed by atoms with Crippen LogP contribution in [-0.2, 0) is 14.4 Å². The van der Waals surface area contributed by atoms with Crippen LogP contribution in [0, 0.1) is 6.92 Å². The number of hydrogen-bond donors (Lipinski definition) is 0. The minimum atomic E-state index is -4.67. The lowest BCUT2D eigenvalue weighted by Gasteiger charge is -2.43. The number of alkyl halides is 3. The molecular formula is C25H32F3N5O4. The van der Waals surface area contributed by atoms with Crippen molar-refractivity contribution in [2.24, 2.45) is 5.10 Å². The maximum atomic E-state index is 13.4. The number of amides is 1. The second-order valence-corrected chi connectivity index (χ2v) is 9.31. The van der Waals surface area contributed by atoms with Gasteiger partial charge in [-0.3, -0.25) is 9.63 Å². The molecule has 0 saturated carbocycles. The Morgan fingerprint density at radius 2 is 2.05 bits per heavy atom. The highest BCUT2D eigenvalue weighted by Gasteiger charge is 2.39. The second kappa shape index (κ2) is 11.0. The average Bonchev–Trinajstić information content (AvgIpc) is 3.28. The van der Waals surface area contributed by atoms with Crippen molar-refractivity contribution in [2.45, 2.75) is 51.7 Å². The minimum Gasteiger partial charge on any atom is -0.496 e. The van der Waals surface area contributed by atoms with Crippen molar-refractivity contribution in [3.05, 3.63) is 47.5 Å². The Bertz CT molecular complexity index is 1120. The molecule has 9 nitrogen and oxygen atoms in total. The van der Waals surface area contributed by atoms with E-state index in [-0.39, 0.29) is 30.5 Å². The number of hydrogen-bond acceptors (Lipinski definition) is 8. The number of halogens is 3. The van der Waals surface area contributed by atoms with E-state index in [1.807, 2.05) is 13.0 Å². The first-order valence-corrected chi connectivity index (χ1v) is 12.3. The number of carbonyl (C=O) groups is 1. The van der Waals surface area contributed by atoms with Gasteiger partial charge in [-0.1, -0.05) is 6.58 Å². The topological polar surface area (TPSA) is 83.6 Å². The van der Waals surface area contributed by atoms with Gasteiger partial charge in [-0.15, -0.1) is 5.10 Å². The predicted molar refractivity (Wildman–Crippen MR) is 130 cm³/mol. The molecule has 3 heterocycles. The summed E-state index contributed by atoms with van der Waals surface area (Å²) >= 11 is 0. The van der Waals surface area contributed by atoms with Gasteiger partial charge in [-0.2, -0.15) is 18.3 Å². The van der Waals surface area contributed by atoms with Crippen LogP contribution in [-0.4, -0.2) is 83.7 Å². The fraction of sp³-hybridized carbons (Fsp3) is 0.560. The Kier molecular flexibility index (Phi) is 7.96. The van der Waals surface area contributed by atoms with Gasteiger partial charge in [0.05, 0.1) is 19.9 Å². The first-order chi connectivity index (χ1) is 17.6. The van der Waals surface area contributed by atoms with Crippen molar-refractivity contribution in [2.75, 3.05) is 39.9 Å². The van der Waals surface area contributed by atoms with E-state index in [2.05, 4.69) is 21.6 Å². The van der Waals surface area contributed by atoms with Crippen LogP contribution in [0.1, 0.15) is 44.3 Å². The molecule has 1 aromatic heterocycles. The van der Waals surface area contributed by atoms with Gasteiger partial charge in [0.15, 0.2) is 17.4 Å². The highest BCUT2D eigenvalue weighted by atomic mass is 19.4. The van der Waals surface area contributed by atoms with Crippen LogP contribution in [0.3, 0.4) is 0 Å². The molecule has 1 saturated heterocycles. The number of aromatic nitrogens is 1. The molecule has 1 aliphatic carbocycles. The number of piperazine rings is 1. The number of allylic oxidation sites excluding steroid dienone is 4. The Morgan fingerprint density at radius 1 is 1.27 bits per heavy atom. The third kappa shape index (κ3) is 6.17. The number of hydroxylamine groups is 1. The molecule has 1 atom stereocenters. The summed E-state index contributed by atoms with van der Waals surface area (Å²) in [6, 6.07) is -0.00148. The Labute approximate surface area is 213 Å². The summed E-state index contributed by atoms with van der Waals surface area (Å²) in [5, 5.41) is 4.34.